The molecule has 1 aliphatic heterocycles. The fourth-order valence-electron chi connectivity index (χ4n) is 3.33. The summed E-state index contributed by atoms with van der Waals surface area (Å²) in [6.45, 7) is 3.49. The minimum Gasteiger partial charge on any atom is -0.493 e. The predicted octanol–water partition coefficient (Wildman–Crippen LogP) is 3.65. The van der Waals surface area contributed by atoms with E-state index in [9.17, 15) is 9.59 Å². The van der Waals surface area contributed by atoms with Crippen LogP contribution < -0.4 is 15.8 Å². The van der Waals surface area contributed by atoms with Crippen molar-refractivity contribution in [1.29, 1.82) is 0 Å². The Hall–Kier alpha value is -2.73. The van der Waals surface area contributed by atoms with E-state index in [0.29, 0.717) is 44.6 Å². The van der Waals surface area contributed by atoms with Crippen molar-refractivity contribution >= 4 is 35.6 Å². The summed E-state index contributed by atoms with van der Waals surface area (Å²) in [4.78, 5) is 26.8. The summed E-state index contributed by atoms with van der Waals surface area (Å²) in [5.41, 5.74) is 8.16. The molecule has 156 valence electrons. The quantitative estimate of drug-likeness (QED) is 0.702. The number of amides is 2. The van der Waals surface area contributed by atoms with Gasteiger partial charge in [0.2, 0.25) is 11.8 Å². The summed E-state index contributed by atoms with van der Waals surface area (Å²) < 4.78 is 5.59. The Bertz CT molecular complexity index is 821. The Morgan fingerprint density at radius 1 is 1.14 bits per heavy atom. The van der Waals surface area contributed by atoms with Gasteiger partial charge in [-0.15, -0.1) is 12.4 Å². The summed E-state index contributed by atoms with van der Waals surface area (Å²) in [5, 5.41) is 2.97. The first-order valence-corrected chi connectivity index (χ1v) is 9.65. The van der Waals surface area contributed by atoms with Crippen molar-refractivity contribution in [3.63, 3.8) is 0 Å². The molecule has 0 unspecified atom stereocenters. The van der Waals surface area contributed by atoms with Crippen LogP contribution in [0.25, 0.3) is 0 Å². The first-order chi connectivity index (χ1) is 13.5. The molecular weight excluding hydrogens is 390 g/mol. The zero-order chi connectivity index (χ0) is 19.9. The number of nitrogen functional groups attached to an aromatic ring is 1. The highest BCUT2D eigenvalue weighted by Crippen LogP contribution is 2.23. The van der Waals surface area contributed by atoms with Crippen LogP contribution in [0.1, 0.15) is 24.8 Å². The minimum absolute atomic E-state index is 0. The van der Waals surface area contributed by atoms with Crippen molar-refractivity contribution in [2.75, 3.05) is 30.7 Å². The number of aryl methyl sites for hydroxylation is 1. The van der Waals surface area contributed by atoms with Gasteiger partial charge in [-0.3, -0.25) is 9.59 Å². The van der Waals surface area contributed by atoms with E-state index in [1.54, 1.807) is 6.07 Å². The zero-order valence-corrected chi connectivity index (χ0v) is 17.4. The number of nitrogens with two attached hydrogens (primary N) is 1. The van der Waals surface area contributed by atoms with Gasteiger partial charge in [-0.25, -0.2) is 0 Å². The number of hydrogen-bond donors (Lipinski definition) is 2. The normalized spacial score (nSPS) is 14.0. The van der Waals surface area contributed by atoms with Crippen LogP contribution in [-0.2, 0) is 9.59 Å². The fraction of sp³-hybridized carbons (Fsp3) is 0.364. The van der Waals surface area contributed by atoms with E-state index in [1.807, 2.05) is 54.3 Å². The second-order valence-electron chi connectivity index (χ2n) is 7.13. The van der Waals surface area contributed by atoms with E-state index < -0.39 is 0 Å². The number of nitrogens with one attached hydrogen (secondary N) is 1. The number of carbonyl (C=O) groups is 2. The summed E-state index contributed by atoms with van der Waals surface area (Å²) >= 11 is 0. The molecule has 1 saturated heterocycles. The van der Waals surface area contributed by atoms with Gasteiger partial charge in [-0.05, 0) is 49.6 Å². The number of likely N-dealkylation sites (tertiary alicyclic amines) is 1. The summed E-state index contributed by atoms with van der Waals surface area (Å²) in [6, 6.07) is 15.0. The number of ether oxygens (including phenoxy) is 1. The zero-order valence-electron chi connectivity index (χ0n) is 16.6. The van der Waals surface area contributed by atoms with Crippen LogP contribution in [-0.4, -0.2) is 36.4 Å². The average Bonchev–Trinajstić information content (AvgIpc) is 2.71. The summed E-state index contributed by atoms with van der Waals surface area (Å²) in [7, 11) is 0. The van der Waals surface area contributed by atoms with Gasteiger partial charge in [0, 0.05) is 30.4 Å². The highest BCUT2D eigenvalue weighted by Gasteiger charge is 2.27. The average molecular weight is 418 g/mol. The highest BCUT2D eigenvalue weighted by molar-refractivity contribution is 5.94. The van der Waals surface area contributed by atoms with E-state index in [4.69, 9.17) is 10.5 Å². The molecule has 0 bridgehead atoms. The third kappa shape index (κ3) is 6.39. The van der Waals surface area contributed by atoms with Crippen molar-refractivity contribution in [3.05, 3.63) is 54.1 Å². The maximum atomic E-state index is 12.6. The van der Waals surface area contributed by atoms with E-state index >= 15 is 0 Å². The number of nitrogens with zero attached hydrogens (tertiary/aromatic N) is 1. The molecule has 1 aliphatic rings. The number of hydrogen-bond acceptors (Lipinski definition) is 4. The first kappa shape index (κ1) is 22.6. The Morgan fingerprint density at radius 2 is 1.83 bits per heavy atom. The Labute approximate surface area is 177 Å². The van der Waals surface area contributed by atoms with Gasteiger partial charge in [-0.1, -0.05) is 24.3 Å². The topological polar surface area (TPSA) is 84.7 Å². The number of carbonyl (C=O) groups excluding carboxylic acids is 2. The van der Waals surface area contributed by atoms with Gasteiger partial charge < -0.3 is 20.7 Å². The fourth-order valence-corrected chi connectivity index (χ4v) is 3.33. The lowest BCUT2D eigenvalue weighted by Gasteiger charge is -2.31. The van der Waals surface area contributed by atoms with Gasteiger partial charge in [-0.2, -0.15) is 0 Å². The van der Waals surface area contributed by atoms with E-state index in [-0.39, 0.29) is 30.1 Å². The molecule has 0 spiro atoms. The molecule has 3 rings (SSSR count). The van der Waals surface area contributed by atoms with Gasteiger partial charge in [0.05, 0.1) is 13.0 Å². The molecule has 0 radical (unpaired) electrons. The molecule has 1 heterocycles. The van der Waals surface area contributed by atoms with Gasteiger partial charge in [0.1, 0.15) is 5.75 Å². The van der Waals surface area contributed by atoms with Crippen molar-refractivity contribution < 1.29 is 14.3 Å². The molecule has 7 heteroatoms. The number of benzene rings is 2. The third-order valence-electron chi connectivity index (χ3n) is 5.07. The molecule has 0 atom stereocenters. The van der Waals surface area contributed by atoms with Crippen LogP contribution in [0.2, 0.25) is 0 Å². The number of para-hydroxylation sites is 1. The molecule has 0 saturated carbocycles. The lowest BCUT2D eigenvalue weighted by molar-refractivity contribution is -0.135. The van der Waals surface area contributed by atoms with Crippen LogP contribution in [0.5, 0.6) is 5.75 Å². The number of piperidine rings is 1. The molecule has 0 aromatic heterocycles. The Kier molecular flexibility index (Phi) is 8.34. The van der Waals surface area contributed by atoms with Crippen LogP contribution in [0.4, 0.5) is 11.4 Å². The molecule has 2 aromatic rings. The summed E-state index contributed by atoms with van der Waals surface area (Å²) in [6.07, 6.45) is 1.67. The second kappa shape index (κ2) is 10.7. The van der Waals surface area contributed by atoms with E-state index in [2.05, 4.69) is 5.32 Å². The van der Waals surface area contributed by atoms with Crippen molar-refractivity contribution in [2.45, 2.75) is 26.2 Å². The molecule has 0 aliphatic carbocycles. The number of anilines is 2. The van der Waals surface area contributed by atoms with Gasteiger partial charge in [0.25, 0.3) is 0 Å². The highest BCUT2D eigenvalue weighted by atomic mass is 35.5. The van der Waals surface area contributed by atoms with E-state index in [1.165, 1.54) is 0 Å². The lowest BCUT2D eigenvalue weighted by Crippen LogP contribution is -2.41. The smallest absolute Gasteiger partial charge is 0.227 e. The maximum absolute atomic E-state index is 12.6. The van der Waals surface area contributed by atoms with Gasteiger partial charge in [0.15, 0.2) is 0 Å². The molecule has 1 fully saturated rings. The predicted molar refractivity (Wildman–Crippen MR) is 117 cm³/mol. The monoisotopic (exact) mass is 417 g/mol. The van der Waals surface area contributed by atoms with Gasteiger partial charge >= 0.3 is 0 Å². The van der Waals surface area contributed by atoms with Crippen LogP contribution in [0.15, 0.2) is 48.5 Å². The van der Waals surface area contributed by atoms with E-state index in [0.717, 1.165) is 17.0 Å². The third-order valence-corrected chi connectivity index (χ3v) is 5.07. The maximum Gasteiger partial charge on any atom is 0.227 e. The Balaban J connectivity index is 0.00000300. The molecule has 3 N–H and O–H groups in total. The molecule has 6 nitrogen and oxygen atoms in total. The van der Waals surface area contributed by atoms with Crippen LogP contribution in [0.3, 0.4) is 0 Å². The largest absolute Gasteiger partial charge is 0.493 e. The lowest BCUT2D eigenvalue weighted by atomic mass is 9.95. The second-order valence-corrected chi connectivity index (χ2v) is 7.13. The number of halogens is 1. The van der Waals surface area contributed by atoms with Crippen molar-refractivity contribution in [2.24, 2.45) is 5.92 Å². The molecule has 2 aromatic carbocycles. The van der Waals surface area contributed by atoms with Crippen LogP contribution >= 0.6 is 12.4 Å². The van der Waals surface area contributed by atoms with Crippen molar-refractivity contribution in [1.82, 2.24) is 4.90 Å². The van der Waals surface area contributed by atoms with Crippen molar-refractivity contribution in [3.8, 4) is 5.75 Å². The Morgan fingerprint density at radius 3 is 2.52 bits per heavy atom. The SMILES string of the molecule is Cc1ccc(N)cc1NC(=O)C1CCN(C(=O)CCOc2ccccc2)CC1.Cl. The molecular formula is C22H28ClN3O3. The standard InChI is InChI=1S/C22H27N3O3.ClH/c1-16-7-8-18(23)15-20(16)24-22(27)17-9-12-25(13-10-17)21(26)11-14-28-19-5-3-2-4-6-19;/h2-8,15,17H,9-14,23H2,1H3,(H,24,27);1H. The molecule has 2 amide bonds. The summed E-state index contributed by atoms with van der Waals surface area (Å²) in [5.74, 6) is 0.739. The number of rotatable bonds is 6. The first-order valence-electron chi connectivity index (χ1n) is 9.65. The van der Waals surface area contributed by atoms with Crippen LogP contribution in [0, 0.1) is 12.8 Å². The molecule has 29 heavy (non-hydrogen) atoms. The minimum atomic E-state index is -0.0922.